The van der Waals surface area contributed by atoms with Gasteiger partial charge in [-0.05, 0) is 6.07 Å². The molecule has 0 aromatic heterocycles. The predicted octanol–water partition coefficient (Wildman–Crippen LogP) is 2.41. The molecule has 0 atom stereocenters. The Morgan fingerprint density at radius 2 is 1.65 bits per heavy atom. The van der Waals surface area contributed by atoms with Crippen molar-refractivity contribution in [2.75, 3.05) is 18.9 Å². The molecule has 2 aromatic carbocycles. The molecule has 0 heterocycles. The van der Waals surface area contributed by atoms with Gasteiger partial charge in [-0.3, -0.25) is 14.8 Å². The van der Waals surface area contributed by atoms with E-state index in [2.05, 4.69) is 4.72 Å². The van der Waals surface area contributed by atoms with Gasteiger partial charge in [0.15, 0.2) is 0 Å². The molecule has 0 saturated carbocycles. The number of ether oxygens (including phenoxy) is 2. The molecule has 0 amide bonds. The van der Waals surface area contributed by atoms with Crippen molar-refractivity contribution in [1.82, 2.24) is 0 Å². The largest absolute Gasteiger partial charge is 0.497 e. The molecule has 0 spiro atoms. The number of sulfonamides is 1. The van der Waals surface area contributed by atoms with Gasteiger partial charge < -0.3 is 9.47 Å². The Morgan fingerprint density at radius 1 is 1.04 bits per heavy atom. The standard InChI is InChI=1S/C14H14N2O6S/c1-21-12-6-10(7-13(9-12)22-2)15-23(19,20)14-5-3-4-11(8-14)16(17)18/h3-9,15H,1-2H3. The van der Waals surface area contributed by atoms with Crippen molar-refractivity contribution in [2.24, 2.45) is 0 Å². The summed E-state index contributed by atoms with van der Waals surface area (Å²) >= 11 is 0. The molecule has 2 rings (SSSR count). The Morgan fingerprint density at radius 3 is 2.17 bits per heavy atom. The molecular formula is C14H14N2O6S. The third-order valence-electron chi connectivity index (χ3n) is 2.94. The Bertz CT molecular complexity index is 813. The Labute approximate surface area is 132 Å². The van der Waals surface area contributed by atoms with Crippen LogP contribution in [0, 0.1) is 10.1 Å². The van der Waals surface area contributed by atoms with Crippen LogP contribution in [0.4, 0.5) is 11.4 Å². The van der Waals surface area contributed by atoms with Crippen LogP contribution in [-0.4, -0.2) is 27.6 Å². The highest BCUT2D eigenvalue weighted by molar-refractivity contribution is 7.92. The summed E-state index contributed by atoms with van der Waals surface area (Å²) in [5, 5.41) is 10.8. The molecule has 1 N–H and O–H groups in total. The molecule has 0 fully saturated rings. The van der Waals surface area contributed by atoms with Gasteiger partial charge in [0.05, 0.1) is 29.7 Å². The first-order valence-electron chi connectivity index (χ1n) is 6.36. The van der Waals surface area contributed by atoms with Gasteiger partial charge in [-0.15, -0.1) is 0 Å². The summed E-state index contributed by atoms with van der Waals surface area (Å²) in [5.41, 5.74) is -0.0937. The van der Waals surface area contributed by atoms with Crippen LogP contribution in [0.25, 0.3) is 0 Å². The molecule has 0 aliphatic heterocycles. The van der Waals surface area contributed by atoms with Crippen molar-refractivity contribution < 1.29 is 22.8 Å². The van der Waals surface area contributed by atoms with Crippen LogP contribution >= 0.6 is 0 Å². The molecule has 122 valence electrons. The van der Waals surface area contributed by atoms with E-state index < -0.39 is 14.9 Å². The average molecular weight is 338 g/mol. The summed E-state index contributed by atoms with van der Waals surface area (Å²) in [6.45, 7) is 0. The molecule has 0 radical (unpaired) electrons. The second kappa shape index (κ2) is 6.53. The van der Waals surface area contributed by atoms with Gasteiger partial charge in [0, 0.05) is 30.3 Å². The maximum absolute atomic E-state index is 12.4. The summed E-state index contributed by atoms with van der Waals surface area (Å²) in [4.78, 5) is 9.89. The number of nitrogens with zero attached hydrogens (tertiary/aromatic N) is 1. The number of anilines is 1. The van der Waals surface area contributed by atoms with Crippen LogP contribution in [0.3, 0.4) is 0 Å². The number of nitro benzene ring substituents is 1. The van der Waals surface area contributed by atoms with E-state index in [4.69, 9.17) is 9.47 Å². The third kappa shape index (κ3) is 3.89. The first-order chi connectivity index (χ1) is 10.9. The maximum Gasteiger partial charge on any atom is 0.270 e. The fourth-order valence-electron chi connectivity index (χ4n) is 1.84. The Hall–Kier alpha value is -2.81. The summed E-state index contributed by atoms with van der Waals surface area (Å²) in [6, 6.07) is 9.30. The topological polar surface area (TPSA) is 108 Å². The molecule has 0 aliphatic rings. The molecule has 0 unspecified atom stereocenters. The minimum absolute atomic E-state index is 0.214. The van der Waals surface area contributed by atoms with Crippen LogP contribution < -0.4 is 14.2 Å². The van der Waals surface area contributed by atoms with Gasteiger partial charge in [-0.2, -0.15) is 0 Å². The van der Waals surface area contributed by atoms with E-state index in [1.165, 1.54) is 44.6 Å². The number of methoxy groups -OCH3 is 2. The van der Waals surface area contributed by atoms with E-state index in [-0.39, 0.29) is 16.3 Å². The van der Waals surface area contributed by atoms with Crippen molar-refractivity contribution in [2.45, 2.75) is 4.90 Å². The number of hydrogen-bond acceptors (Lipinski definition) is 6. The number of benzene rings is 2. The van der Waals surface area contributed by atoms with E-state index in [0.29, 0.717) is 11.5 Å². The van der Waals surface area contributed by atoms with Crippen molar-refractivity contribution in [1.29, 1.82) is 0 Å². The van der Waals surface area contributed by atoms with Crippen molar-refractivity contribution in [3.63, 3.8) is 0 Å². The summed E-state index contributed by atoms with van der Waals surface area (Å²) < 4.78 is 37.2. The van der Waals surface area contributed by atoms with Crippen LogP contribution in [0.5, 0.6) is 11.5 Å². The summed E-state index contributed by atoms with van der Waals surface area (Å²) in [6.07, 6.45) is 0. The van der Waals surface area contributed by atoms with Crippen molar-refractivity contribution >= 4 is 21.4 Å². The van der Waals surface area contributed by atoms with Crippen molar-refractivity contribution in [3.8, 4) is 11.5 Å². The van der Waals surface area contributed by atoms with Gasteiger partial charge in [0.1, 0.15) is 11.5 Å². The molecular weight excluding hydrogens is 324 g/mol. The smallest absolute Gasteiger partial charge is 0.270 e. The molecule has 23 heavy (non-hydrogen) atoms. The monoisotopic (exact) mass is 338 g/mol. The van der Waals surface area contributed by atoms with E-state index in [9.17, 15) is 18.5 Å². The average Bonchev–Trinajstić information content (AvgIpc) is 2.54. The SMILES string of the molecule is COc1cc(NS(=O)(=O)c2cccc([N+](=O)[O-])c2)cc(OC)c1. The van der Waals surface area contributed by atoms with Crippen LogP contribution in [0.2, 0.25) is 0 Å². The number of hydrogen-bond donors (Lipinski definition) is 1. The third-order valence-corrected chi connectivity index (χ3v) is 4.32. The van der Waals surface area contributed by atoms with Gasteiger partial charge in [-0.1, -0.05) is 6.07 Å². The lowest BCUT2D eigenvalue weighted by atomic mass is 10.3. The molecule has 8 nitrogen and oxygen atoms in total. The predicted molar refractivity (Wildman–Crippen MR) is 83.5 cm³/mol. The van der Waals surface area contributed by atoms with Gasteiger partial charge >= 0.3 is 0 Å². The first-order valence-corrected chi connectivity index (χ1v) is 7.84. The van der Waals surface area contributed by atoms with E-state index in [1.54, 1.807) is 6.07 Å². The van der Waals surface area contributed by atoms with Crippen LogP contribution in [-0.2, 0) is 10.0 Å². The normalized spacial score (nSPS) is 10.9. The highest BCUT2D eigenvalue weighted by atomic mass is 32.2. The van der Waals surface area contributed by atoms with Crippen molar-refractivity contribution in [3.05, 3.63) is 52.6 Å². The number of rotatable bonds is 6. The highest BCUT2D eigenvalue weighted by Gasteiger charge is 2.18. The van der Waals surface area contributed by atoms with E-state index in [0.717, 1.165) is 6.07 Å². The molecule has 2 aromatic rings. The molecule has 9 heteroatoms. The lowest BCUT2D eigenvalue weighted by Gasteiger charge is -2.11. The number of non-ortho nitro benzene ring substituents is 1. The van der Waals surface area contributed by atoms with Gasteiger partial charge in [0.2, 0.25) is 0 Å². The van der Waals surface area contributed by atoms with Crippen LogP contribution in [0.1, 0.15) is 0 Å². The fraction of sp³-hybridized carbons (Fsp3) is 0.143. The molecule has 0 aliphatic carbocycles. The zero-order valence-corrected chi connectivity index (χ0v) is 13.2. The van der Waals surface area contributed by atoms with E-state index in [1.807, 2.05) is 0 Å². The molecule has 0 saturated heterocycles. The van der Waals surface area contributed by atoms with E-state index >= 15 is 0 Å². The van der Waals surface area contributed by atoms with Gasteiger partial charge in [0.25, 0.3) is 15.7 Å². The zero-order chi connectivity index (χ0) is 17.0. The minimum atomic E-state index is -3.98. The lowest BCUT2D eigenvalue weighted by Crippen LogP contribution is -2.13. The second-order valence-electron chi connectivity index (χ2n) is 4.46. The highest BCUT2D eigenvalue weighted by Crippen LogP contribution is 2.28. The quantitative estimate of drug-likeness (QED) is 0.640. The second-order valence-corrected chi connectivity index (χ2v) is 6.14. The maximum atomic E-state index is 12.4. The van der Waals surface area contributed by atoms with Gasteiger partial charge in [-0.25, -0.2) is 8.42 Å². The van der Waals surface area contributed by atoms with Crippen LogP contribution in [0.15, 0.2) is 47.4 Å². The molecule has 0 bridgehead atoms. The zero-order valence-electron chi connectivity index (χ0n) is 12.3. The minimum Gasteiger partial charge on any atom is -0.497 e. The Kier molecular flexibility index (Phi) is 4.70. The lowest BCUT2D eigenvalue weighted by molar-refractivity contribution is -0.385. The number of nitrogens with one attached hydrogen (secondary N) is 1. The fourth-order valence-corrected chi connectivity index (χ4v) is 2.92. The summed E-state index contributed by atoms with van der Waals surface area (Å²) in [7, 11) is -1.11. The summed E-state index contributed by atoms with van der Waals surface area (Å²) in [5.74, 6) is 0.808. The number of nitro groups is 1. The Balaban J connectivity index is 2.38. The first kappa shape index (κ1) is 16.6.